The predicted octanol–water partition coefficient (Wildman–Crippen LogP) is 2.12. The number of aromatic nitrogens is 2. The third kappa shape index (κ3) is 3.82. The number of nitrogens with two attached hydrogens (primary N) is 1. The number of aryl methyl sites for hydroxylation is 1. The van der Waals surface area contributed by atoms with Crippen LogP contribution in [0.3, 0.4) is 0 Å². The maximum Gasteiger partial charge on any atom is 0.252 e. The molecule has 100 valence electrons. The molecule has 0 saturated heterocycles. The monoisotopic (exact) mass is 322 g/mol. The molecule has 0 saturated carbocycles. The summed E-state index contributed by atoms with van der Waals surface area (Å²) in [4.78, 5) is 19.1. The molecular weight excluding hydrogens is 308 g/mol. The zero-order chi connectivity index (χ0) is 13.7. The smallest absolute Gasteiger partial charge is 0.252 e. The predicted molar refractivity (Wildman–Crippen MR) is 77.8 cm³/mol. The molecule has 0 radical (unpaired) electrons. The van der Waals surface area contributed by atoms with Crippen molar-refractivity contribution in [3.63, 3.8) is 0 Å². The minimum absolute atomic E-state index is 0.126. The molecule has 0 fully saturated rings. The van der Waals surface area contributed by atoms with Crippen molar-refractivity contribution < 1.29 is 4.79 Å². The van der Waals surface area contributed by atoms with Crippen LogP contribution < -0.4 is 11.1 Å². The number of rotatable bonds is 5. The van der Waals surface area contributed by atoms with Gasteiger partial charge in [-0.2, -0.15) is 0 Å². The normalized spacial score (nSPS) is 10.4. The number of anilines is 1. The van der Waals surface area contributed by atoms with Crippen molar-refractivity contribution in [1.29, 1.82) is 0 Å². The van der Waals surface area contributed by atoms with Gasteiger partial charge in [-0.05, 0) is 40.5 Å². The first kappa shape index (κ1) is 13.6. The Morgan fingerprint density at radius 3 is 3.05 bits per heavy atom. The molecule has 0 aliphatic rings. The lowest BCUT2D eigenvalue weighted by molar-refractivity contribution is 0.0952. The molecule has 0 aliphatic carbocycles. The summed E-state index contributed by atoms with van der Waals surface area (Å²) in [5.41, 5.74) is 6.80. The fourth-order valence-corrected chi connectivity index (χ4v) is 2.13. The third-order valence-corrected chi connectivity index (χ3v) is 3.36. The Kier molecular flexibility index (Phi) is 4.57. The van der Waals surface area contributed by atoms with E-state index >= 15 is 0 Å². The first-order valence-corrected chi connectivity index (χ1v) is 6.77. The van der Waals surface area contributed by atoms with Gasteiger partial charge in [0.1, 0.15) is 5.82 Å². The summed E-state index contributed by atoms with van der Waals surface area (Å²) in [7, 11) is 0. The summed E-state index contributed by atoms with van der Waals surface area (Å²) < 4.78 is 0.741. The number of carbonyl (C=O) groups excluding carboxylic acids is 1. The van der Waals surface area contributed by atoms with Crippen molar-refractivity contribution in [2.24, 2.45) is 0 Å². The Morgan fingerprint density at radius 2 is 2.32 bits per heavy atom. The second-order valence-corrected chi connectivity index (χ2v) is 4.99. The second-order valence-electron chi connectivity index (χ2n) is 4.13. The Labute approximate surface area is 119 Å². The number of carbonyl (C=O) groups is 1. The number of nitrogens with one attached hydrogen (secondary N) is 2. The molecule has 2 aromatic rings. The minimum atomic E-state index is -0.126. The van der Waals surface area contributed by atoms with Crippen LogP contribution in [0, 0.1) is 0 Å². The highest BCUT2D eigenvalue weighted by atomic mass is 79.9. The van der Waals surface area contributed by atoms with Gasteiger partial charge in [-0.15, -0.1) is 0 Å². The van der Waals surface area contributed by atoms with Crippen molar-refractivity contribution in [1.82, 2.24) is 15.3 Å². The lowest BCUT2D eigenvalue weighted by Gasteiger charge is -2.07. The fourth-order valence-electron chi connectivity index (χ4n) is 1.70. The first-order valence-electron chi connectivity index (χ1n) is 5.98. The number of hydrogen-bond acceptors (Lipinski definition) is 3. The SMILES string of the molecule is Nc1ccc(Br)c(C(=O)NCCCc2ncc[nH]2)c1. The Balaban J connectivity index is 1.82. The molecule has 1 aromatic carbocycles. The van der Waals surface area contributed by atoms with E-state index in [4.69, 9.17) is 5.73 Å². The van der Waals surface area contributed by atoms with Gasteiger partial charge >= 0.3 is 0 Å². The Morgan fingerprint density at radius 1 is 1.47 bits per heavy atom. The van der Waals surface area contributed by atoms with Crippen LogP contribution in [0.15, 0.2) is 35.1 Å². The van der Waals surface area contributed by atoms with Gasteiger partial charge in [-0.3, -0.25) is 4.79 Å². The number of amides is 1. The number of aromatic amines is 1. The van der Waals surface area contributed by atoms with Gasteiger partial charge in [-0.1, -0.05) is 0 Å². The zero-order valence-electron chi connectivity index (χ0n) is 10.3. The first-order chi connectivity index (χ1) is 9.16. The number of halogens is 1. The van der Waals surface area contributed by atoms with E-state index < -0.39 is 0 Å². The molecule has 0 atom stereocenters. The lowest BCUT2D eigenvalue weighted by atomic mass is 10.2. The maximum absolute atomic E-state index is 12.0. The van der Waals surface area contributed by atoms with Crippen LogP contribution in [0.25, 0.3) is 0 Å². The van der Waals surface area contributed by atoms with E-state index in [1.807, 2.05) is 0 Å². The number of nitrogens with zero attached hydrogens (tertiary/aromatic N) is 1. The van der Waals surface area contributed by atoms with Crippen LogP contribution in [0.1, 0.15) is 22.6 Å². The topological polar surface area (TPSA) is 83.8 Å². The van der Waals surface area contributed by atoms with Crippen molar-refractivity contribution in [3.05, 3.63) is 46.5 Å². The quantitative estimate of drug-likeness (QED) is 0.582. The number of nitrogen functional groups attached to an aromatic ring is 1. The average molecular weight is 323 g/mol. The summed E-state index contributed by atoms with van der Waals surface area (Å²) in [5, 5.41) is 2.86. The Bertz CT molecular complexity index is 554. The molecule has 0 spiro atoms. The van der Waals surface area contributed by atoms with Gasteiger partial charge in [0, 0.05) is 35.5 Å². The highest BCUT2D eigenvalue weighted by Crippen LogP contribution is 2.19. The second kappa shape index (κ2) is 6.38. The number of benzene rings is 1. The van der Waals surface area contributed by atoms with Crippen LogP contribution >= 0.6 is 15.9 Å². The van der Waals surface area contributed by atoms with Crippen LogP contribution in [0.2, 0.25) is 0 Å². The third-order valence-electron chi connectivity index (χ3n) is 2.67. The van der Waals surface area contributed by atoms with Crippen LogP contribution in [0.5, 0.6) is 0 Å². The average Bonchev–Trinajstić information content (AvgIpc) is 2.90. The summed E-state index contributed by atoms with van der Waals surface area (Å²) >= 11 is 3.34. The van der Waals surface area contributed by atoms with E-state index in [0.717, 1.165) is 23.1 Å². The molecule has 0 unspecified atom stereocenters. The molecule has 0 aliphatic heterocycles. The van der Waals surface area contributed by atoms with Gasteiger partial charge in [0.05, 0.1) is 5.56 Å². The minimum Gasteiger partial charge on any atom is -0.399 e. The molecule has 4 N–H and O–H groups in total. The van der Waals surface area contributed by atoms with Crippen LogP contribution in [-0.4, -0.2) is 22.4 Å². The van der Waals surface area contributed by atoms with Crippen molar-refractivity contribution in [2.45, 2.75) is 12.8 Å². The number of H-pyrrole nitrogens is 1. The van der Waals surface area contributed by atoms with Crippen molar-refractivity contribution >= 4 is 27.5 Å². The molecular formula is C13H15BrN4O. The highest BCUT2D eigenvalue weighted by molar-refractivity contribution is 9.10. The number of imidazole rings is 1. The molecule has 1 heterocycles. The molecule has 1 aromatic heterocycles. The van der Waals surface area contributed by atoms with Crippen LogP contribution in [-0.2, 0) is 6.42 Å². The van der Waals surface area contributed by atoms with Crippen molar-refractivity contribution in [2.75, 3.05) is 12.3 Å². The van der Waals surface area contributed by atoms with Gasteiger partial charge in [0.15, 0.2) is 0 Å². The van der Waals surface area contributed by atoms with E-state index in [9.17, 15) is 4.79 Å². The van der Waals surface area contributed by atoms with Gasteiger partial charge in [-0.25, -0.2) is 4.98 Å². The fraction of sp³-hybridized carbons (Fsp3) is 0.231. The zero-order valence-corrected chi connectivity index (χ0v) is 11.9. The van der Waals surface area contributed by atoms with Gasteiger partial charge < -0.3 is 16.0 Å². The number of hydrogen-bond donors (Lipinski definition) is 3. The van der Waals surface area contributed by atoms with Crippen molar-refractivity contribution in [3.8, 4) is 0 Å². The summed E-state index contributed by atoms with van der Waals surface area (Å²) in [5.74, 6) is 0.804. The molecule has 19 heavy (non-hydrogen) atoms. The molecule has 0 bridgehead atoms. The molecule has 5 nitrogen and oxygen atoms in total. The molecule has 1 amide bonds. The van der Waals surface area contributed by atoms with Gasteiger partial charge in [0.2, 0.25) is 0 Å². The Hall–Kier alpha value is -1.82. The van der Waals surface area contributed by atoms with Gasteiger partial charge in [0.25, 0.3) is 5.91 Å². The summed E-state index contributed by atoms with van der Waals surface area (Å²) in [6.45, 7) is 0.598. The van der Waals surface area contributed by atoms with E-state index in [2.05, 4.69) is 31.2 Å². The summed E-state index contributed by atoms with van der Waals surface area (Å²) in [6, 6.07) is 5.18. The largest absolute Gasteiger partial charge is 0.399 e. The molecule has 6 heteroatoms. The van der Waals surface area contributed by atoms with E-state index in [1.165, 1.54) is 0 Å². The molecule has 2 rings (SSSR count). The highest BCUT2D eigenvalue weighted by Gasteiger charge is 2.09. The standard InChI is InChI=1S/C13H15BrN4O/c14-11-4-3-9(15)8-10(11)13(19)18-5-1-2-12-16-6-7-17-12/h3-4,6-8H,1-2,5,15H2,(H,16,17)(H,18,19). The summed E-state index contributed by atoms with van der Waals surface area (Å²) in [6.07, 6.45) is 5.15. The van der Waals surface area contributed by atoms with E-state index in [-0.39, 0.29) is 5.91 Å². The lowest BCUT2D eigenvalue weighted by Crippen LogP contribution is -2.25. The maximum atomic E-state index is 12.0. The van der Waals surface area contributed by atoms with Crippen LogP contribution in [0.4, 0.5) is 5.69 Å². The van der Waals surface area contributed by atoms with E-state index in [1.54, 1.807) is 30.6 Å². The van der Waals surface area contributed by atoms with E-state index in [0.29, 0.717) is 17.8 Å².